The van der Waals surface area contributed by atoms with Gasteiger partial charge in [-0.25, -0.2) is 4.98 Å². The van der Waals surface area contributed by atoms with Crippen molar-refractivity contribution in [3.63, 3.8) is 0 Å². The molecule has 0 unspecified atom stereocenters. The second-order valence-electron chi connectivity index (χ2n) is 6.55. The van der Waals surface area contributed by atoms with E-state index in [2.05, 4.69) is 69.1 Å². The predicted molar refractivity (Wildman–Crippen MR) is 94.2 cm³/mol. The molecule has 0 aliphatic heterocycles. The van der Waals surface area contributed by atoms with E-state index < -0.39 is 0 Å². The lowest BCUT2D eigenvalue weighted by molar-refractivity contribution is 0.586. The zero-order valence-corrected chi connectivity index (χ0v) is 14.2. The Kier molecular flexibility index (Phi) is 3.83. The molecule has 1 aromatic carbocycles. The topological polar surface area (TPSA) is 25.8 Å². The molecule has 2 nitrogen and oxygen atoms in total. The van der Waals surface area contributed by atoms with Crippen LogP contribution in [0.15, 0.2) is 48.8 Å². The largest absolute Gasteiger partial charge is 0.265 e. The van der Waals surface area contributed by atoms with Crippen molar-refractivity contribution >= 4 is 11.3 Å². The summed E-state index contributed by atoms with van der Waals surface area (Å²) in [7, 11) is 0. The molecule has 22 heavy (non-hydrogen) atoms. The van der Waals surface area contributed by atoms with Crippen LogP contribution in [0.3, 0.4) is 0 Å². The van der Waals surface area contributed by atoms with Crippen molar-refractivity contribution < 1.29 is 0 Å². The summed E-state index contributed by atoms with van der Waals surface area (Å²) >= 11 is 1.78. The van der Waals surface area contributed by atoms with Crippen LogP contribution >= 0.6 is 11.3 Å². The molecular formula is C19H20N2S. The van der Waals surface area contributed by atoms with E-state index in [1.165, 1.54) is 21.6 Å². The van der Waals surface area contributed by atoms with Gasteiger partial charge in [-0.15, -0.1) is 11.3 Å². The van der Waals surface area contributed by atoms with E-state index in [9.17, 15) is 0 Å². The highest BCUT2D eigenvalue weighted by Crippen LogP contribution is 2.40. The summed E-state index contributed by atoms with van der Waals surface area (Å²) in [5.74, 6) is 0. The normalized spacial score (nSPS) is 11.6. The van der Waals surface area contributed by atoms with E-state index in [1.54, 1.807) is 11.3 Å². The van der Waals surface area contributed by atoms with Gasteiger partial charge in [0.05, 0.1) is 15.6 Å². The summed E-state index contributed by atoms with van der Waals surface area (Å²) in [5.41, 5.74) is 4.74. The molecule has 3 aromatic rings. The van der Waals surface area contributed by atoms with Crippen molar-refractivity contribution in [2.24, 2.45) is 0 Å². The average molecular weight is 308 g/mol. The number of aromatic nitrogens is 2. The summed E-state index contributed by atoms with van der Waals surface area (Å²) in [6.07, 6.45) is 3.68. The fourth-order valence-corrected chi connectivity index (χ4v) is 3.48. The van der Waals surface area contributed by atoms with Crippen LogP contribution < -0.4 is 0 Å². The molecule has 0 radical (unpaired) electrons. The van der Waals surface area contributed by atoms with Crippen LogP contribution in [-0.4, -0.2) is 9.97 Å². The van der Waals surface area contributed by atoms with Gasteiger partial charge in [0.1, 0.15) is 0 Å². The van der Waals surface area contributed by atoms with Crippen molar-refractivity contribution in [3.05, 3.63) is 59.4 Å². The third-order valence-corrected chi connectivity index (χ3v) is 5.03. The quantitative estimate of drug-likeness (QED) is 0.626. The number of pyridine rings is 1. The van der Waals surface area contributed by atoms with E-state index in [-0.39, 0.29) is 5.41 Å². The second kappa shape index (κ2) is 5.65. The molecular weight excluding hydrogens is 288 g/mol. The fraction of sp³-hybridized carbons (Fsp3) is 0.263. The van der Waals surface area contributed by atoms with E-state index >= 15 is 0 Å². The number of aryl methyl sites for hydroxylation is 1. The highest BCUT2D eigenvalue weighted by molar-refractivity contribution is 7.15. The standard InChI is InChI=1S/C19H20N2S/c1-13-6-5-7-15(12-13)16-17(14-8-10-20-11-9-14)22-18(21-16)19(2,3)4/h5-12H,1-4H3. The molecule has 0 spiro atoms. The van der Waals surface area contributed by atoms with E-state index in [0.717, 1.165) is 10.7 Å². The van der Waals surface area contributed by atoms with Gasteiger partial charge in [0.2, 0.25) is 0 Å². The third-order valence-electron chi connectivity index (χ3n) is 3.50. The maximum atomic E-state index is 4.97. The van der Waals surface area contributed by atoms with Gasteiger partial charge in [0.25, 0.3) is 0 Å². The molecule has 0 saturated heterocycles. The SMILES string of the molecule is Cc1cccc(-c2nc(C(C)(C)C)sc2-c2ccncc2)c1. The number of benzene rings is 1. The molecule has 0 aliphatic carbocycles. The van der Waals surface area contributed by atoms with Crippen molar-refractivity contribution in [3.8, 4) is 21.7 Å². The van der Waals surface area contributed by atoms with Crippen molar-refractivity contribution in [1.29, 1.82) is 0 Å². The molecule has 0 bridgehead atoms. The van der Waals surface area contributed by atoms with Crippen LogP contribution in [0.5, 0.6) is 0 Å². The molecule has 3 rings (SSSR count). The van der Waals surface area contributed by atoms with Crippen LogP contribution in [0, 0.1) is 6.92 Å². The van der Waals surface area contributed by atoms with Gasteiger partial charge in [0, 0.05) is 23.4 Å². The van der Waals surface area contributed by atoms with Crippen molar-refractivity contribution in [1.82, 2.24) is 9.97 Å². The molecule has 0 atom stereocenters. The van der Waals surface area contributed by atoms with Gasteiger partial charge in [-0.05, 0) is 30.7 Å². The lowest BCUT2D eigenvalue weighted by Crippen LogP contribution is -2.10. The Hall–Kier alpha value is -2.00. The maximum Gasteiger partial charge on any atom is 0.0992 e. The Balaban J connectivity index is 2.22. The van der Waals surface area contributed by atoms with Crippen LogP contribution in [-0.2, 0) is 5.41 Å². The highest BCUT2D eigenvalue weighted by Gasteiger charge is 2.23. The summed E-state index contributed by atoms with van der Waals surface area (Å²) in [6.45, 7) is 8.75. The molecule has 2 aromatic heterocycles. The molecule has 112 valence electrons. The van der Waals surface area contributed by atoms with Gasteiger partial charge in [-0.3, -0.25) is 4.98 Å². The monoisotopic (exact) mass is 308 g/mol. The minimum absolute atomic E-state index is 0.0501. The van der Waals surface area contributed by atoms with Crippen molar-refractivity contribution in [2.45, 2.75) is 33.1 Å². The molecule has 0 aliphatic rings. The molecule has 0 saturated carbocycles. The Morgan fingerprint density at radius 1 is 0.955 bits per heavy atom. The zero-order valence-electron chi connectivity index (χ0n) is 13.4. The van der Waals surface area contributed by atoms with Crippen LogP contribution in [0.1, 0.15) is 31.3 Å². The number of rotatable bonds is 2. The summed E-state index contributed by atoms with van der Waals surface area (Å²) in [6, 6.07) is 12.7. The average Bonchev–Trinajstić information content (AvgIpc) is 2.93. The Labute approximate surface area is 135 Å². The number of hydrogen-bond donors (Lipinski definition) is 0. The number of nitrogens with zero attached hydrogens (tertiary/aromatic N) is 2. The van der Waals surface area contributed by atoms with E-state index in [0.29, 0.717) is 0 Å². The van der Waals surface area contributed by atoms with Crippen LogP contribution in [0.4, 0.5) is 0 Å². The lowest BCUT2D eigenvalue weighted by atomic mass is 9.98. The van der Waals surface area contributed by atoms with E-state index in [4.69, 9.17) is 4.98 Å². The summed E-state index contributed by atoms with van der Waals surface area (Å²) < 4.78 is 0. The Morgan fingerprint density at radius 3 is 2.32 bits per heavy atom. The van der Waals surface area contributed by atoms with Gasteiger partial charge < -0.3 is 0 Å². The molecule has 0 amide bonds. The maximum absolute atomic E-state index is 4.97. The lowest BCUT2D eigenvalue weighted by Gasteiger charge is -2.13. The Morgan fingerprint density at radius 2 is 1.68 bits per heavy atom. The molecule has 2 heterocycles. The molecule has 0 fully saturated rings. The first-order chi connectivity index (χ1) is 10.4. The fourth-order valence-electron chi connectivity index (χ4n) is 2.33. The first kappa shape index (κ1) is 14.9. The summed E-state index contributed by atoms with van der Waals surface area (Å²) in [5, 5.41) is 1.16. The van der Waals surface area contributed by atoms with Gasteiger partial charge >= 0.3 is 0 Å². The molecule has 0 N–H and O–H groups in total. The smallest absolute Gasteiger partial charge is 0.0992 e. The summed E-state index contributed by atoms with van der Waals surface area (Å²) in [4.78, 5) is 10.3. The highest BCUT2D eigenvalue weighted by atomic mass is 32.1. The minimum Gasteiger partial charge on any atom is -0.265 e. The van der Waals surface area contributed by atoms with Gasteiger partial charge in [-0.1, -0.05) is 44.5 Å². The van der Waals surface area contributed by atoms with Crippen LogP contribution in [0.2, 0.25) is 0 Å². The second-order valence-corrected chi connectivity index (χ2v) is 7.55. The molecule has 3 heteroatoms. The van der Waals surface area contributed by atoms with Gasteiger partial charge in [0.15, 0.2) is 0 Å². The third kappa shape index (κ3) is 2.95. The predicted octanol–water partition coefficient (Wildman–Crippen LogP) is 5.48. The first-order valence-electron chi connectivity index (χ1n) is 7.44. The Bertz CT molecular complexity index is 783. The first-order valence-corrected chi connectivity index (χ1v) is 8.25. The minimum atomic E-state index is 0.0501. The van der Waals surface area contributed by atoms with Crippen molar-refractivity contribution in [2.75, 3.05) is 0 Å². The number of hydrogen-bond acceptors (Lipinski definition) is 3. The number of thiazole rings is 1. The van der Waals surface area contributed by atoms with Gasteiger partial charge in [-0.2, -0.15) is 0 Å². The zero-order chi connectivity index (χ0) is 15.7. The van der Waals surface area contributed by atoms with E-state index in [1.807, 2.05) is 12.4 Å². The van der Waals surface area contributed by atoms with Crippen LogP contribution in [0.25, 0.3) is 21.7 Å².